The van der Waals surface area contributed by atoms with Gasteiger partial charge in [-0.05, 0) is 75.4 Å². The number of likely N-dealkylation sites (N-methyl/N-ethyl adjacent to an activating group) is 1. The van der Waals surface area contributed by atoms with E-state index in [-0.39, 0.29) is 23.7 Å². The average molecular weight is 589 g/mol. The number of amides is 2. The summed E-state index contributed by atoms with van der Waals surface area (Å²) in [5, 5.41) is 0.987. The molecule has 0 aliphatic carbocycles. The monoisotopic (exact) mass is 587 g/mol. The standard InChI is InChI=1S/C31H39Cl2N3O4/c1-3-40-30(39)31(36-17-8-7-11-28(36)37)15-19-35(20-16-31)18-14-25(24-12-13-26(32)27(33)21-24)22-34(2)29(38)23-9-5-4-6-10-23/h4-6,9-10,12-13,21,25H,3,7-8,11,14-20,22H2,1-2H3/t25-/m1/s1. The zero-order valence-electron chi connectivity index (χ0n) is 23.4. The molecule has 2 aromatic carbocycles. The molecule has 0 bridgehead atoms. The fourth-order valence-electron chi connectivity index (χ4n) is 5.94. The van der Waals surface area contributed by atoms with E-state index in [2.05, 4.69) is 4.90 Å². The molecule has 0 N–H and O–H groups in total. The van der Waals surface area contributed by atoms with Gasteiger partial charge in [0, 0.05) is 51.1 Å². The molecular weight excluding hydrogens is 549 g/mol. The summed E-state index contributed by atoms with van der Waals surface area (Å²) in [4.78, 5) is 45.0. The first kappa shape index (κ1) is 30.4. The Morgan fingerprint density at radius 2 is 1.75 bits per heavy atom. The van der Waals surface area contributed by atoms with Gasteiger partial charge in [-0.2, -0.15) is 0 Å². The van der Waals surface area contributed by atoms with E-state index in [1.54, 1.807) is 15.9 Å². The van der Waals surface area contributed by atoms with Gasteiger partial charge in [0.05, 0.1) is 16.7 Å². The molecule has 0 radical (unpaired) electrons. The Morgan fingerprint density at radius 3 is 2.40 bits per heavy atom. The van der Waals surface area contributed by atoms with Crippen molar-refractivity contribution < 1.29 is 19.1 Å². The lowest BCUT2D eigenvalue weighted by atomic mass is 9.83. The van der Waals surface area contributed by atoms with E-state index in [0.717, 1.165) is 31.4 Å². The zero-order valence-corrected chi connectivity index (χ0v) is 24.9. The molecule has 0 spiro atoms. The predicted octanol–water partition coefficient (Wildman–Crippen LogP) is 5.65. The summed E-state index contributed by atoms with van der Waals surface area (Å²) >= 11 is 12.6. The first-order valence-electron chi connectivity index (χ1n) is 14.2. The van der Waals surface area contributed by atoms with Gasteiger partial charge in [-0.1, -0.05) is 47.5 Å². The third-order valence-electron chi connectivity index (χ3n) is 8.25. The fraction of sp³-hybridized carbons (Fsp3) is 0.516. The van der Waals surface area contributed by atoms with Gasteiger partial charge in [0.2, 0.25) is 5.91 Å². The lowest BCUT2D eigenvalue weighted by Gasteiger charge is -2.48. The molecular formula is C31H39Cl2N3O4. The SMILES string of the molecule is CCOC(=O)C1(N2CCCCC2=O)CCN(CC[C@H](CN(C)C(=O)c2ccccc2)c2ccc(Cl)c(Cl)c2)CC1. The van der Waals surface area contributed by atoms with Crippen molar-refractivity contribution in [1.29, 1.82) is 0 Å². The summed E-state index contributed by atoms with van der Waals surface area (Å²) in [6, 6.07) is 14.9. The maximum Gasteiger partial charge on any atom is 0.332 e. The Labute approximate surface area is 247 Å². The number of esters is 1. The van der Waals surface area contributed by atoms with E-state index in [1.807, 2.05) is 56.4 Å². The number of halogens is 2. The molecule has 0 aromatic heterocycles. The first-order valence-corrected chi connectivity index (χ1v) is 15.0. The summed E-state index contributed by atoms with van der Waals surface area (Å²) in [5.74, 6) is -0.222. The molecule has 0 saturated carbocycles. The number of nitrogens with zero attached hydrogens (tertiary/aromatic N) is 3. The van der Waals surface area contributed by atoms with Crippen LogP contribution < -0.4 is 0 Å². The average Bonchev–Trinajstić information content (AvgIpc) is 2.97. The fourth-order valence-corrected chi connectivity index (χ4v) is 6.24. The molecule has 2 aliphatic heterocycles. The van der Waals surface area contributed by atoms with Crippen molar-refractivity contribution in [1.82, 2.24) is 14.7 Å². The second-order valence-corrected chi connectivity index (χ2v) is 11.6. The van der Waals surface area contributed by atoms with Gasteiger partial charge < -0.3 is 19.4 Å². The first-order chi connectivity index (χ1) is 19.2. The van der Waals surface area contributed by atoms with Crippen molar-refractivity contribution in [2.24, 2.45) is 0 Å². The molecule has 4 rings (SSSR count). The molecule has 9 heteroatoms. The van der Waals surface area contributed by atoms with Crippen molar-refractivity contribution in [3.05, 3.63) is 69.7 Å². The minimum absolute atomic E-state index is 0.0333. The topological polar surface area (TPSA) is 70.2 Å². The molecule has 40 heavy (non-hydrogen) atoms. The molecule has 7 nitrogen and oxygen atoms in total. The minimum Gasteiger partial charge on any atom is -0.464 e. The summed E-state index contributed by atoms with van der Waals surface area (Å²) in [5.41, 5.74) is 0.797. The van der Waals surface area contributed by atoms with Gasteiger partial charge >= 0.3 is 5.97 Å². The van der Waals surface area contributed by atoms with Gasteiger partial charge in [-0.25, -0.2) is 4.79 Å². The normalized spacial score (nSPS) is 18.3. The van der Waals surface area contributed by atoms with Crippen LogP contribution in [0.25, 0.3) is 0 Å². The Bertz CT molecular complexity index is 1180. The van der Waals surface area contributed by atoms with Crippen LogP contribution in [0.4, 0.5) is 0 Å². The lowest BCUT2D eigenvalue weighted by Crippen LogP contribution is -2.63. The third-order valence-corrected chi connectivity index (χ3v) is 8.99. The van der Waals surface area contributed by atoms with Crippen molar-refractivity contribution in [2.75, 3.05) is 46.4 Å². The van der Waals surface area contributed by atoms with Crippen LogP contribution in [0.5, 0.6) is 0 Å². The molecule has 2 saturated heterocycles. The van der Waals surface area contributed by atoms with E-state index in [1.165, 1.54) is 0 Å². The largest absolute Gasteiger partial charge is 0.464 e. The van der Waals surface area contributed by atoms with Crippen LogP contribution in [0.2, 0.25) is 10.0 Å². The van der Waals surface area contributed by atoms with E-state index < -0.39 is 5.54 Å². The highest BCUT2D eigenvalue weighted by Crippen LogP contribution is 2.35. The number of hydrogen-bond acceptors (Lipinski definition) is 5. The smallest absolute Gasteiger partial charge is 0.332 e. The van der Waals surface area contributed by atoms with E-state index in [9.17, 15) is 14.4 Å². The van der Waals surface area contributed by atoms with E-state index >= 15 is 0 Å². The van der Waals surface area contributed by atoms with Gasteiger partial charge in [-0.3, -0.25) is 9.59 Å². The Hall–Kier alpha value is -2.61. The summed E-state index contributed by atoms with van der Waals surface area (Å²) in [6.07, 6.45) is 4.18. The Balaban J connectivity index is 1.45. The number of carbonyl (C=O) groups excluding carboxylic acids is 3. The maximum absolute atomic E-state index is 13.2. The number of likely N-dealkylation sites (tertiary alicyclic amines) is 2. The Kier molecular flexibility index (Phi) is 10.5. The Morgan fingerprint density at radius 1 is 1.02 bits per heavy atom. The number of benzene rings is 2. The van der Waals surface area contributed by atoms with E-state index in [0.29, 0.717) is 67.7 Å². The van der Waals surface area contributed by atoms with Crippen LogP contribution in [0.1, 0.15) is 67.3 Å². The highest BCUT2D eigenvalue weighted by Gasteiger charge is 2.49. The number of ether oxygens (including phenoxy) is 1. The summed E-state index contributed by atoms with van der Waals surface area (Å²) < 4.78 is 5.49. The quantitative estimate of drug-likeness (QED) is 0.336. The van der Waals surface area contributed by atoms with Crippen LogP contribution in [0, 0.1) is 0 Å². The predicted molar refractivity (Wildman–Crippen MR) is 158 cm³/mol. The zero-order chi connectivity index (χ0) is 28.7. The summed E-state index contributed by atoms with van der Waals surface area (Å²) in [6.45, 7) is 5.40. The van der Waals surface area contributed by atoms with Crippen molar-refractivity contribution in [2.45, 2.75) is 56.9 Å². The van der Waals surface area contributed by atoms with Crippen molar-refractivity contribution in [3.8, 4) is 0 Å². The third kappa shape index (κ3) is 6.99. The number of hydrogen-bond donors (Lipinski definition) is 0. The van der Waals surface area contributed by atoms with Crippen molar-refractivity contribution in [3.63, 3.8) is 0 Å². The van der Waals surface area contributed by atoms with Gasteiger partial charge in [0.1, 0.15) is 5.54 Å². The second-order valence-electron chi connectivity index (χ2n) is 10.8. The highest BCUT2D eigenvalue weighted by atomic mass is 35.5. The molecule has 216 valence electrons. The van der Waals surface area contributed by atoms with Gasteiger partial charge in [0.25, 0.3) is 5.91 Å². The number of piperidine rings is 2. The van der Waals surface area contributed by atoms with Crippen LogP contribution in [-0.4, -0.2) is 84.4 Å². The van der Waals surface area contributed by atoms with Crippen LogP contribution in [0.15, 0.2) is 48.5 Å². The van der Waals surface area contributed by atoms with Crippen LogP contribution in [0.3, 0.4) is 0 Å². The molecule has 2 aromatic rings. The van der Waals surface area contributed by atoms with Gasteiger partial charge in [0.15, 0.2) is 0 Å². The number of carbonyl (C=O) groups is 3. The molecule has 2 aliphatic rings. The molecule has 0 unspecified atom stereocenters. The van der Waals surface area contributed by atoms with E-state index in [4.69, 9.17) is 27.9 Å². The van der Waals surface area contributed by atoms with Gasteiger partial charge in [-0.15, -0.1) is 0 Å². The molecule has 2 fully saturated rings. The summed E-state index contributed by atoms with van der Waals surface area (Å²) in [7, 11) is 1.82. The number of rotatable bonds is 10. The minimum atomic E-state index is -0.880. The molecule has 2 amide bonds. The van der Waals surface area contributed by atoms with Crippen molar-refractivity contribution >= 4 is 41.0 Å². The maximum atomic E-state index is 13.2. The van der Waals surface area contributed by atoms with Crippen LogP contribution >= 0.6 is 23.2 Å². The van der Waals surface area contributed by atoms with Crippen LogP contribution in [-0.2, 0) is 14.3 Å². The molecule has 2 heterocycles. The second kappa shape index (κ2) is 13.8. The lowest BCUT2D eigenvalue weighted by molar-refractivity contribution is -0.169. The highest BCUT2D eigenvalue weighted by molar-refractivity contribution is 6.42. The molecule has 1 atom stereocenters.